The molecule has 0 unspecified atom stereocenters. The molecule has 0 atom stereocenters. The summed E-state index contributed by atoms with van der Waals surface area (Å²) in [5.41, 5.74) is 6.67. The number of carbonyl (C=O) groups excluding carboxylic acids is 1. The Hall–Kier alpha value is -2.25. The van der Waals surface area contributed by atoms with Crippen LogP contribution in [0.4, 0.5) is 10.5 Å². The number of hydrogen-bond acceptors (Lipinski definition) is 4. The highest BCUT2D eigenvalue weighted by Gasteiger charge is 2.24. The number of likely N-dealkylation sites (tertiary alicyclic amines) is 1. The van der Waals surface area contributed by atoms with Crippen LogP contribution in [-0.4, -0.2) is 40.1 Å². The molecule has 1 aromatic heterocycles. The van der Waals surface area contributed by atoms with Gasteiger partial charge in [0.1, 0.15) is 5.82 Å². The first-order chi connectivity index (χ1) is 15.8. The summed E-state index contributed by atoms with van der Waals surface area (Å²) in [5.74, 6) is 0.930. The minimum absolute atomic E-state index is 0.150. The van der Waals surface area contributed by atoms with Crippen molar-refractivity contribution in [1.82, 2.24) is 19.2 Å². The van der Waals surface area contributed by atoms with Crippen LogP contribution in [0.3, 0.4) is 0 Å². The van der Waals surface area contributed by atoms with E-state index in [0.29, 0.717) is 0 Å². The van der Waals surface area contributed by atoms with Gasteiger partial charge in [-0.25, -0.2) is 9.78 Å². The Morgan fingerprint density at radius 1 is 1.03 bits per heavy atom. The van der Waals surface area contributed by atoms with Crippen molar-refractivity contribution in [3.8, 4) is 0 Å². The summed E-state index contributed by atoms with van der Waals surface area (Å²) >= 11 is 1.29. The quantitative estimate of drug-likeness (QED) is 0.567. The minimum atomic E-state index is -0.150. The number of carbonyl (C=O) groups is 1. The number of anilines is 1. The summed E-state index contributed by atoms with van der Waals surface area (Å²) < 4.78 is 5.10. The van der Waals surface area contributed by atoms with Crippen LogP contribution in [-0.2, 0) is 32.2 Å². The van der Waals surface area contributed by atoms with Crippen LogP contribution in [0.2, 0.25) is 0 Å². The number of fused-ring (bicyclic) bond motifs is 2. The Bertz CT molecular complexity index is 960. The smallest absolute Gasteiger partial charge is 0.329 e. The predicted molar refractivity (Wildman–Crippen MR) is 132 cm³/mol. The molecule has 2 N–H and O–H groups in total. The van der Waals surface area contributed by atoms with E-state index in [-0.39, 0.29) is 6.03 Å². The zero-order chi connectivity index (χ0) is 21.8. The van der Waals surface area contributed by atoms with E-state index >= 15 is 0 Å². The second-order valence-corrected chi connectivity index (χ2v) is 9.80. The summed E-state index contributed by atoms with van der Waals surface area (Å²) in [6.45, 7) is 4.62. The lowest BCUT2D eigenvalue weighted by molar-refractivity contribution is 0.257. The van der Waals surface area contributed by atoms with Crippen molar-refractivity contribution in [1.29, 1.82) is 0 Å². The van der Waals surface area contributed by atoms with E-state index in [1.54, 1.807) is 0 Å². The molecule has 1 aliphatic heterocycles. The molecular weight excluding hydrogens is 418 g/mol. The van der Waals surface area contributed by atoms with E-state index in [2.05, 4.69) is 30.6 Å². The van der Waals surface area contributed by atoms with Crippen LogP contribution < -0.4 is 10.0 Å². The third-order valence-electron chi connectivity index (χ3n) is 6.97. The van der Waals surface area contributed by atoms with Gasteiger partial charge in [-0.1, -0.05) is 6.07 Å². The molecule has 1 aromatic carbocycles. The van der Waals surface area contributed by atoms with Crippen LogP contribution in [0.1, 0.15) is 60.2 Å². The Kier molecular flexibility index (Phi) is 6.83. The Morgan fingerprint density at radius 2 is 1.78 bits per heavy atom. The van der Waals surface area contributed by atoms with Gasteiger partial charge in [-0.05, 0) is 123 Å². The molecule has 0 saturated carbocycles. The molecule has 1 fully saturated rings. The van der Waals surface area contributed by atoms with Gasteiger partial charge in [-0.2, -0.15) is 0 Å². The van der Waals surface area contributed by atoms with E-state index in [0.717, 1.165) is 56.7 Å². The van der Waals surface area contributed by atoms with Crippen LogP contribution in [0.15, 0.2) is 23.9 Å². The molecular formula is C25H33N5OS. The highest BCUT2D eigenvalue weighted by molar-refractivity contribution is 8.00. The number of amides is 2. The molecule has 170 valence electrons. The number of benzene rings is 1. The first-order valence-electron chi connectivity index (χ1n) is 12.1. The largest absolute Gasteiger partial charge is 0.331 e. The number of nitrogens with one attached hydrogen (secondary N) is 2. The third-order valence-corrected chi connectivity index (χ3v) is 7.54. The van der Waals surface area contributed by atoms with Gasteiger partial charge in [-0.3, -0.25) is 4.72 Å². The van der Waals surface area contributed by atoms with Gasteiger partial charge in [0.2, 0.25) is 0 Å². The summed E-state index contributed by atoms with van der Waals surface area (Å²) in [5, 5.41) is 5.07. The predicted octanol–water partition coefficient (Wildman–Crippen LogP) is 4.79. The molecule has 2 heterocycles. The molecule has 5 rings (SSSR count). The lowest BCUT2D eigenvalue weighted by atomic mass is 9.99. The summed E-state index contributed by atoms with van der Waals surface area (Å²) in [7, 11) is 0. The first kappa shape index (κ1) is 21.6. The zero-order valence-electron chi connectivity index (χ0n) is 18.7. The molecule has 1 saturated heterocycles. The SMILES string of the molecule is O=C(NS/C=C/c1nccn1CCCN1CCCC1)Nc1c2c(cc3c1CCC3)CCC2. The van der Waals surface area contributed by atoms with Crippen LogP contribution >= 0.6 is 11.9 Å². The Balaban J connectivity index is 1.12. The summed E-state index contributed by atoms with van der Waals surface area (Å²) in [6, 6.07) is 2.24. The van der Waals surface area contributed by atoms with Crippen LogP contribution in [0.25, 0.3) is 6.08 Å². The molecule has 2 amide bonds. The van der Waals surface area contributed by atoms with Crippen molar-refractivity contribution in [2.45, 2.75) is 64.3 Å². The molecule has 2 aromatic rings. The minimum Gasteiger partial charge on any atom is -0.331 e. The van der Waals surface area contributed by atoms with Gasteiger partial charge in [0.25, 0.3) is 0 Å². The van der Waals surface area contributed by atoms with Gasteiger partial charge < -0.3 is 14.8 Å². The summed E-state index contributed by atoms with van der Waals surface area (Å²) in [4.78, 5) is 19.6. The average molecular weight is 452 g/mol. The van der Waals surface area contributed by atoms with Crippen molar-refractivity contribution in [3.05, 3.63) is 51.9 Å². The molecule has 6 nitrogen and oxygen atoms in total. The van der Waals surface area contributed by atoms with Crippen molar-refractivity contribution < 1.29 is 4.79 Å². The maximum Gasteiger partial charge on any atom is 0.329 e. The lowest BCUT2D eigenvalue weighted by Crippen LogP contribution is -2.24. The van der Waals surface area contributed by atoms with Crippen LogP contribution in [0.5, 0.6) is 0 Å². The number of imidazole rings is 1. The molecule has 0 spiro atoms. The van der Waals surface area contributed by atoms with Crippen molar-refractivity contribution >= 4 is 29.7 Å². The highest BCUT2D eigenvalue weighted by atomic mass is 32.2. The molecule has 7 heteroatoms. The van der Waals surface area contributed by atoms with E-state index < -0.39 is 0 Å². The number of rotatable bonds is 8. The fraction of sp³-hybridized carbons (Fsp3) is 0.520. The van der Waals surface area contributed by atoms with Gasteiger partial charge >= 0.3 is 6.03 Å². The van der Waals surface area contributed by atoms with Crippen LogP contribution in [0, 0.1) is 0 Å². The number of aromatic nitrogens is 2. The number of aryl methyl sites for hydroxylation is 3. The van der Waals surface area contributed by atoms with E-state index in [1.165, 1.54) is 73.0 Å². The molecule has 0 bridgehead atoms. The van der Waals surface area contributed by atoms with E-state index in [4.69, 9.17) is 0 Å². The van der Waals surface area contributed by atoms with Gasteiger partial charge in [0.05, 0.1) is 0 Å². The van der Waals surface area contributed by atoms with Crippen molar-refractivity contribution in [3.63, 3.8) is 0 Å². The average Bonchev–Trinajstić information content (AvgIpc) is 3.59. The molecule has 2 aliphatic carbocycles. The fourth-order valence-electron chi connectivity index (χ4n) is 5.43. The Morgan fingerprint density at radius 3 is 2.53 bits per heavy atom. The van der Waals surface area contributed by atoms with Gasteiger partial charge in [-0.15, -0.1) is 0 Å². The highest BCUT2D eigenvalue weighted by Crippen LogP contribution is 2.38. The standard InChI is InChI=1S/C25H33N5OS/c31-25(27-24-21-8-3-6-19(21)18-20-7-4-9-22(20)24)28-32-17-10-23-26-11-16-30(23)15-5-14-29-12-1-2-13-29/h10-11,16-18H,1-9,12-15H2,(H2,27,28,31)/b17-10+. The van der Waals surface area contributed by atoms with E-state index in [1.807, 2.05) is 23.9 Å². The molecule has 0 radical (unpaired) electrons. The molecule has 3 aliphatic rings. The topological polar surface area (TPSA) is 62.2 Å². The zero-order valence-corrected chi connectivity index (χ0v) is 19.6. The maximum atomic E-state index is 12.6. The number of nitrogens with zero attached hydrogens (tertiary/aromatic N) is 3. The third kappa shape index (κ3) is 4.89. The van der Waals surface area contributed by atoms with Crippen molar-refractivity contribution in [2.24, 2.45) is 0 Å². The second-order valence-electron chi connectivity index (χ2n) is 9.09. The van der Waals surface area contributed by atoms with E-state index in [9.17, 15) is 4.79 Å². The van der Waals surface area contributed by atoms with Gasteiger partial charge in [0, 0.05) is 24.6 Å². The maximum absolute atomic E-state index is 12.6. The lowest BCUT2D eigenvalue weighted by Gasteiger charge is -2.16. The summed E-state index contributed by atoms with van der Waals surface area (Å²) in [6.07, 6.45) is 16.5. The number of urea groups is 1. The van der Waals surface area contributed by atoms with Gasteiger partial charge in [0.15, 0.2) is 0 Å². The fourth-order valence-corrected chi connectivity index (χ4v) is 5.84. The normalized spacial score (nSPS) is 17.8. The Labute approximate surface area is 195 Å². The monoisotopic (exact) mass is 451 g/mol. The molecule has 32 heavy (non-hydrogen) atoms. The first-order valence-corrected chi connectivity index (χ1v) is 12.9. The second kappa shape index (κ2) is 10.1. The number of hydrogen-bond donors (Lipinski definition) is 2. The van der Waals surface area contributed by atoms with Crippen molar-refractivity contribution in [2.75, 3.05) is 25.0 Å².